The number of ether oxygens (including phenoxy) is 1. The van der Waals surface area contributed by atoms with Crippen LogP contribution in [0.5, 0.6) is 5.75 Å². The zero-order valence-corrected chi connectivity index (χ0v) is 12.8. The van der Waals surface area contributed by atoms with E-state index in [4.69, 9.17) is 9.29 Å². The van der Waals surface area contributed by atoms with Gasteiger partial charge >= 0.3 is 0 Å². The van der Waals surface area contributed by atoms with Gasteiger partial charge in [0.2, 0.25) is 0 Å². The maximum absolute atomic E-state index is 11.0. The summed E-state index contributed by atoms with van der Waals surface area (Å²) >= 11 is 0. The Kier molecular flexibility index (Phi) is 4.95. The van der Waals surface area contributed by atoms with Crippen LogP contribution in [0.1, 0.15) is 23.7 Å². The van der Waals surface area contributed by atoms with Gasteiger partial charge in [0.1, 0.15) is 12.0 Å². The zero-order valence-electron chi connectivity index (χ0n) is 12.0. The summed E-state index contributed by atoms with van der Waals surface area (Å²) in [7, 11) is -4.22. The van der Waals surface area contributed by atoms with Crippen molar-refractivity contribution in [2.75, 3.05) is 6.61 Å². The second-order valence-corrected chi connectivity index (χ2v) is 6.18. The van der Waals surface area contributed by atoms with Crippen LogP contribution in [-0.4, -0.2) is 25.9 Å². The first-order valence-corrected chi connectivity index (χ1v) is 8.19. The minimum atomic E-state index is -4.22. The molecule has 2 aromatic rings. The van der Waals surface area contributed by atoms with Gasteiger partial charge in [-0.05, 0) is 47.9 Å². The summed E-state index contributed by atoms with van der Waals surface area (Å²) in [5, 5.41) is 0. The number of hydrogen-bond acceptors (Lipinski definition) is 4. The van der Waals surface area contributed by atoms with Crippen molar-refractivity contribution in [1.82, 2.24) is 0 Å². The van der Waals surface area contributed by atoms with Crippen LogP contribution in [0.2, 0.25) is 0 Å². The third-order valence-electron chi connectivity index (χ3n) is 3.02. The lowest BCUT2D eigenvalue weighted by Gasteiger charge is -2.09. The van der Waals surface area contributed by atoms with Gasteiger partial charge in [-0.25, -0.2) is 0 Å². The van der Waals surface area contributed by atoms with E-state index < -0.39 is 10.1 Å². The fourth-order valence-electron chi connectivity index (χ4n) is 1.98. The summed E-state index contributed by atoms with van der Waals surface area (Å²) < 4.78 is 36.6. The molecule has 2 aromatic carbocycles. The van der Waals surface area contributed by atoms with E-state index in [2.05, 4.69) is 0 Å². The van der Waals surface area contributed by atoms with E-state index >= 15 is 0 Å². The Labute approximate surface area is 129 Å². The first-order valence-electron chi connectivity index (χ1n) is 6.75. The highest BCUT2D eigenvalue weighted by atomic mass is 32.2. The Morgan fingerprint density at radius 1 is 1.09 bits per heavy atom. The monoisotopic (exact) mass is 320 g/mol. The molecule has 5 nitrogen and oxygen atoms in total. The number of carbonyl (C=O) groups excluding carboxylic acids is 1. The predicted octanol–water partition coefficient (Wildman–Crippen LogP) is 3.20. The molecule has 0 aromatic heterocycles. The lowest BCUT2D eigenvalue weighted by molar-refractivity contribution is 0.112. The van der Waals surface area contributed by atoms with Crippen LogP contribution in [-0.2, 0) is 10.1 Å². The summed E-state index contributed by atoms with van der Waals surface area (Å²) in [6.45, 7) is 2.53. The molecule has 0 aliphatic heterocycles. The fraction of sp³-hybridized carbons (Fsp3) is 0.188. The Hall–Kier alpha value is -2.18. The lowest BCUT2D eigenvalue weighted by atomic mass is 10.0. The van der Waals surface area contributed by atoms with Crippen LogP contribution >= 0.6 is 0 Å². The molecular weight excluding hydrogens is 304 g/mol. The van der Waals surface area contributed by atoms with Crippen molar-refractivity contribution in [3.8, 4) is 16.9 Å². The molecule has 0 spiro atoms. The van der Waals surface area contributed by atoms with E-state index in [1.807, 2.05) is 6.92 Å². The van der Waals surface area contributed by atoms with E-state index in [9.17, 15) is 13.2 Å². The van der Waals surface area contributed by atoms with Crippen LogP contribution < -0.4 is 4.74 Å². The number of hydrogen-bond donors (Lipinski definition) is 1. The molecule has 0 unspecified atom stereocenters. The van der Waals surface area contributed by atoms with Crippen molar-refractivity contribution in [2.45, 2.75) is 18.2 Å². The quantitative estimate of drug-likeness (QED) is 0.653. The molecule has 0 saturated carbocycles. The molecule has 0 fully saturated rings. The largest absolute Gasteiger partial charge is 0.494 e. The van der Waals surface area contributed by atoms with Crippen LogP contribution in [0.4, 0.5) is 0 Å². The van der Waals surface area contributed by atoms with E-state index in [1.54, 1.807) is 30.3 Å². The van der Waals surface area contributed by atoms with Crippen molar-refractivity contribution >= 4 is 16.4 Å². The maximum Gasteiger partial charge on any atom is 0.294 e. The Morgan fingerprint density at radius 3 is 2.32 bits per heavy atom. The number of carbonyl (C=O) groups is 1. The van der Waals surface area contributed by atoms with Crippen molar-refractivity contribution in [3.05, 3.63) is 48.0 Å². The first kappa shape index (κ1) is 16.2. The molecule has 0 atom stereocenters. The third kappa shape index (κ3) is 3.93. The molecule has 22 heavy (non-hydrogen) atoms. The smallest absolute Gasteiger partial charge is 0.294 e. The van der Waals surface area contributed by atoms with Gasteiger partial charge in [-0.1, -0.05) is 19.1 Å². The van der Waals surface area contributed by atoms with Crippen molar-refractivity contribution in [3.63, 3.8) is 0 Å². The Bertz CT molecular complexity index is 764. The highest BCUT2D eigenvalue weighted by Crippen LogP contribution is 2.27. The van der Waals surface area contributed by atoms with Crippen LogP contribution in [0.15, 0.2) is 47.4 Å². The molecule has 0 heterocycles. The summed E-state index contributed by atoms with van der Waals surface area (Å²) in [6, 6.07) is 10.9. The second kappa shape index (κ2) is 6.72. The van der Waals surface area contributed by atoms with E-state index in [0.29, 0.717) is 17.9 Å². The molecule has 2 rings (SSSR count). The number of benzene rings is 2. The van der Waals surface area contributed by atoms with E-state index in [0.717, 1.165) is 23.8 Å². The van der Waals surface area contributed by atoms with E-state index in [-0.39, 0.29) is 4.90 Å². The molecule has 6 heteroatoms. The van der Waals surface area contributed by atoms with Crippen LogP contribution in [0.3, 0.4) is 0 Å². The molecule has 1 N–H and O–H groups in total. The highest BCUT2D eigenvalue weighted by molar-refractivity contribution is 7.85. The topological polar surface area (TPSA) is 80.7 Å². The van der Waals surface area contributed by atoms with Gasteiger partial charge in [0.05, 0.1) is 11.5 Å². The number of rotatable bonds is 6. The molecule has 0 aliphatic carbocycles. The minimum absolute atomic E-state index is 0.176. The highest BCUT2D eigenvalue weighted by Gasteiger charge is 2.10. The van der Waals surface area contributed by atoms with E-state index in [1.165, 1.54) is 12.1 Å². The summed E-state index contributed by atoms with van der Waals surface area (Å²) in [6.07, 6.45) is 1.58. The minimum Gasteiger partial charge on any atom is -0.494 e. The van der Waals surface area contributed by atoms with Gasteiger partial charge < -0.3 is 4.74 Å². The first-order chi connectivity index (χ1) is 10.4. The van der Waals surface area contributed by atoms with Gasteiger partial charge in [0.25, 0.3) is 10.1 Å². The Balaban J connectivity index is 2.40. The summed E-state index contributed by atoms with van der Waals surface area (Å²) in [5.74, 6) is 0.584. The molecule has 0 bridgehead atoms. The second-order valence-electron chi connectivity index (χ2n) is 4.76. The number of aldehydes is 1. The SMILES string of the molecule is CCCOc1cc(C=O)cc(-c2ccc(S(=O)(=O)O)cc2)c1. The van der Waals surface area contributed by atoms with Crippen molar-refractivity contribution < 1.29 is 22.5 Å². The Morgan fingerprint density at radius 2 is 1.77 bits per heavy atom. The molecule has 0 saturated heterocycles. The average Bonchev–Trinajstić information content (AvgIpc) is 2.52. The average molecular weight is 320 g/mol. The fourth-order valence-corrected chi connectivity index (χ4v) is 2.46. The zero-order chi connectivity index (χ0) is 16.2. The van der Waals surface area contributed by atoms with Gasteiger partial charge in [0.15, 0.2) is 0 Å². The third-order valence-corrected chi connectivity index (χ3v) is 3.89. The van der Waals surface area contributed by atoms with Crippen molar-refractivity contribution in [1.29, 1.82) is 0 Å². The summed E-state index contributed by atoms with van der Waals surface area (Å²) in [5.41, 5.74) is 1.93. The molecule has 0 amide bonds. The molecular formula is C16H16O5S. The standard InChI is InChI=1S/C16H16O5S/c1-2-7-21-15-9-12(11-17)8-14(10-15)13-3-5-16(6-4-13)22(18,19)20/h3-6,8-11H,2,7H2,1H3,(H,18,19,20). The van der Waals surface area contributed by atoms with Crippen LogP contribution in [0, 0.1) is 0 Å². The predicted molar refractivity (Wildman–Crippen MR) is 82.9 cm³/mol. The van der Waals surface area contributed by atoms with Gasteiger partial charge in [-0.3, -0.25) is 9.35 Å². The molecule has 0 aliphatic rings. The van der Waals surface area contributed by atoms with Gasteiger partial charge in [-0.15, -0.1) is 0 Å². The van der Waals surface area contributed by atoms with Crippen LogP contribution in [0.25, 0.3) is 11.1 Å². The molecule has 0 radical (unpaired) electrons. The van der Waals surface area contributed by atoms with Crippen molar-refractivity contribution in [2.24, 2.45) is 0 Å². The lowest BCUT2D eigenvalue weighted by Crippen LogP contribution is -1.98. The summed E-state index contributed by atoms with van der Waals surface area (Å²) in [4.78, 5) is 10.9. The van der Waals surface area contributed by atoms with Gasteiger partial charge in [0, 0.05) is 5.56 Å². The normalized spacial score (nSPS) is 11.2. The maximum atomic E-state index is 11.0. The van der Waals surface area contributed by atoms with Gasteiger partial charge in [-0.2, -0.15) is 8.42 Å². The molecule has 116 valence electrons.